The fraction of sp³-hybridized carbons (Fsp3) is 0.567. The summed E-state index contributed by atoms with van der Waals surface area (Å²) < 4.78 is 31.2. The Balaban J connectivity index is 1.47. The largest absolute Gasteiger partial charge is 0.497 e. The molecule has 39 heavy (non-hydrogen) atoms. The minimum atomic E-state index is -3.66. The van der Waals surface area contributed by atoms with Crippen molar-refractivity contribution < 1.29 is 22.7 Å². The first-order valence-corrected chi connectivity index (χ1v) is 15.6. The van der Waals surface area contributed by atoms with Gasteiger partial charge in [0.25, 0.3) is 0 Å². The molecule has 214 valence electrons. The SMILES string of the molecule is COc1ccc(CCCCC(=O)N[C@H](CN[C@H]2CCCC(S(=O)(=O)c3ccccn3)CC2=O)CC(C)C)cc1. The molecule has 0 radical (unpaired) electrons. The van der Waals surface area contributed by atoms with E-state index in [0.717, 1.165) is 31.4 Å². The van der Waals surface area contributed by atoms with Crippen LogP contribution in [0.5, 0.6) is 5.75 Å². The smallest absolute Gasteiger partial charge is 0.220 e. The van der Waals surface area contributed by atoms with Gasteiger partial charge in [-0.15, -0.1) is 0 Å². The molecule has 1 fully saturated rings. The number of rotatable bonds is 14. The van der Waals surface area contributed by atoms with Crippen LogP contribution < -0.4 is 15.4 Å². The highest BCUT2D eigenvalue weighted by molar-refractivity contribution is 7.92. The van der Waals surface area contributed by atoms with Crippen LogP contribution in [0.25, 0.3) is 0 Å². The van der Waals surface area contributed by atoms with Crippen molar-refractivity contribution in [2.75, 3.05) is 13.7 Å². The van der Waals surface area contributed by atoms with E-state index >= 15 is 0 Å². The molecule has 8 nitrogen and oxygen atoms in total. The Morgan fingerprint density at radius 2 is 1.87 bits per heavy atom. The maximum Gasteiger partial charge on any atom is 0.220 e. The van der Waals surface area contributed by atoms with Gasteiger partial charge in [-0.1, -0.05) is 38.5 Å². The van der Waals surface area contributed by atoms with Gasteiger partial charge in [0.2, 0.25) is 5.91 Å². The van der Waals surface area contributed by atoms with Gasteiger partial charge in [-0.05, 0) is 74.3 Å². The van der Waals surface area contributed by atoms with Crippen LogP contribution in [0.15, 0.2) is 53.7 Å². The highest BCUT2D eigenvalue weighted by Crippen LogP contribution is 2.26. The number of methoxy groups -OCH3 is 1. The van der Waals surface area contributed by atoms with E-state index in [1.807, 2.05) is 24.3 Å². The Morgan fingerprint density at radius 1 is 1.10 bits per heavy atom. The van der Waals surface area contributed by atoms with Crippen LogP contribution in [-0.2, 0) is 25.8 Å². The molecule has 0 spiro atoms. The molecule has 1 aliphatic rings. The van der Waals surface area contributed by atoms with Gasteiger partial charge in [-0.25, -0.2) is 13.4 Å². The number of amides is 1. The minimum Gasteiger partial charge on any atom is -0.497 e. The Bertz CT molecular complexity index is 1150. The summed E-state index contributed by atoms with van der Waals surface area (Å²) in [5, 5.41) is 5.77. The van der Waals surface area contributed by atoms with E-state index in [9.17, 15) is 18.0 Å². The molecule has 1 unspecified atom stereocenters. The molecule has 3 atom stereocenters. The van der Waals surface area contributed by atoms with Gasteiger partial charge in [0, 0.05) is 31.6 Å². The number of pyridine rings is 1. The van der Waals surface area contributed by atoms with Crippen molar-refractivity contribution in [2.24, 2.45) is 5.92 Å². The number of carbonyl (C=O) groups excluding carboxylic acids is 2. The zero-order valence-electron chi connectivity index (χ0n) is 23.4. The van der Waals surface area contributed by atoms with Crippen molar-refractivity contribution in [1.29, 1.82) is 0 Å². The number of hydrogen-bond donors (Lipinski definition) is 2. The molecule has 1 aliphatic carbocycles. The van der Waals surface area contributed by atoms with Crippen molar-refractivity contribution in [3.05, 3.63) is 54.2 Å². The molecule has 1 aromatic heterocycles. The first-order chi connectivity index (χ1) is 18.7. The van der Waals surface area contributed by atoms with E-state index in [-0.39, 0.29) is 29.2 Å². The molecule has 2 aromatic rings. The lowest BCUT2D eigenvalue weighted by Gasteiger charge is -2.24. The second-order valence-electron chi connectivity index (χ2n) is 10.8. The van der Waals surface area contributed by atoms with Gasteiger partial charge in [-0.3, -0.25) is 9.59 Å². The third kappa shape index (κ3) is 9.72. The van der Waals surface area contributed by atoms with E-state index in [1.54, 1.807) is 19.2 Å². The average molecular weight is 558 g/mol. The lowest BCUT2D eigenvalue weighted by Crippen LogP contribution is -2.47. The van der Waals surface area contributed by atoms with Gasteiger partial charge in [-0.2, -0.15) is 0 Å². The molecule has 0 aliphatic heterocycles. The first kappa shape index (κ1) is 30.8. The highest BCUT2D eigenvalue weighted by atomic mass is 32.2. The van der Waals surface area contributed by atoms with Gasteiger partial charge in [0.05, 0.1) is 18.4 Å². The standard InChI is InChI=1S/C30H43N3O5S/c1-22(2)19-24(33-29(35)12-5-4-9-23-14-16-25(38-3)17-15-23)21-32-27-11-8-10-26(20-28(27)34)39(36,37)30-13-6-7-18-31-30/h6-7,13-18,22,24,26-27,32H,4-5,8-12,19-21H2,1-3H3,(H,33,35)/t24-,26?,27-/m0/s1. The monoisotopic (exact) mass is 557 g/mol. The number of hydrogen-bond acceptors (Lipinski definition) is 7. The van der Waals surface area contributed by atoms with Gasteiger partial charge in [0.15, 0.2) is 20.6 Å². The molecule has 1 aromatic carbocycles. The predicted molar refractivity (Wildman–Crippen MR) is 152 cm³/mol. The molecule has 0 bridgehead atoms. The summed E-state index contributed by atoms with van der Waals surface area (Å²) in [7, 11) is -2.01. The van der Waals surface area contributed by atoms with Crippen LogP contribution in [-0.4, -0.2) is 56.1 Å². The number of carbonyl (C=O) groups is 2. The summed E-state index contributed by atoms with van der Waals surface area (Å²) >= 11 is 0. The van der Waals surface area contributed by atoms with Gasteiger partial charge in [0.1, 0.15) is 5.75 Å². The molecule has 0 saturated heterocycles. The number of Topliss-reactive ketones (excluding diaryl/α,β-unsaturated/α-hetero) is 1. The van der Waals surface area contributed by atoms with E-state index < -0.39 is 21.1 Å². The summed E-state index contributed by atoms with van der Waals surface area (Å²) in [5.74, 6) is 1.14. The van der Waals surface area contributed by atoms with E-state index in [1.165, 1.54) is 17.8 Å². The lowest BCUT2D eigenvalue weighted by atomic mass is 10.0. The van der Waals surface area contributed by atoms with Crippen molar-refractivity contribution in [1.82, 2.24) is 15.6 Å². The average Bonchev–Trinajstić information content (AvgIpc) is 3.11. The van der Waals surface area contributed by atoms with Crippen LogP contribution >= 0.6 is 0 Å². The topological polar surface area (TPSA) is 114 Å². The predicted octanol–water partition coefficient (Wildman–Crippen LogP) is 4.28. The van der Waals surface area contributed by atoms with Crippen molar-refractivity contribution >= 4 is 21.5 Å². The van der Waals surface area contributed by atoms with Crippen molar-refractivity contribution in [3.63, 3.8) is 0 Å². The number of aromatic nitrogens is 1. The van der Waals surface area contributed by atoms with E-state index in [4.69, 9.17) is 4.74 Å². The first-order valence-electron chi connectivity index (χ1n) is 14.0. The second-order valence-corrected chi connectivity index (χ2v) is 13.0. The Morgan fingerprint density at radius 3 is 2.54 bits per heavy atom. The lowest BCUT2D eigenvalue weighted by molar-refractivity contribution is -0.122. The van der Waals surface area contributed by atoms with E-state index in [0.29, 0.717) is 38.1 Å². The van der Waals surface area contributed by atoms with Gasteiger partial charge < -0.3 is 15.4 Å². The number of ether oxygens (including phenoxy) is 1. The molecule has 1 heterocycles. The molecule has 9 heteroatoms. The summed E-state index contributed by atoms with van der Waals surface area (Å²) in [6, 6.07) is 12.3. The Kier molecular flexibility index (Phi) is 11.9. The number of sulfone groups is 1. The molecule has 2 N–H and O–H groups in total. The number of benzene rings is 1. The number of nitrogens with zero attached hydrogens (tertiary/aromatic N) is 1. The molecular weight excluding hydrogens is 514 g/mol. The van der Waals surface area contributed by atoms with Crippen LogP contribution in [0.1, 0.15) is 70.8 Å². The fourth-order valence-corrected chi connectivity index (χ4v) is 6.78. The quantitative estimate of drug-likeness (QED) is 0.263. The zero-order chi connectivity index (χ0) is 28.3. The summed E-state index contributed by atoms with van der Waals surface area (Å²) in [6.45, 7) is 4.69. The van der Waals surface area contributed by atoms with Crippen LogP contribution in [0.3, 0.4) is 0 Å². The summed E-state index contributed by atoms with van der Waals surface area (Å²) in [5.41, 5.74) is 1.22. The van der Waals surface area contributed by atoms with Crippen LogP contribution in [0, 0.1) is 5.92 Å². The Hall–Kier alpha value is -2.78. The maximum absolute atomic E-state index is 13.0. The minimum absolute atomic E-state index is 0.0193. The normalized spacial score (nSPS) is 18.9. The Labute approximate surface area is 233 Å². The fourth-order valence-electron chi connectivity index (χ4n) is 5.10. The van der Waals surface area contributed by atoms with Crippen molar-refractivity contribution in [2.45, 2.75) is 94.0 Å². The zero-order valence-corrected chi connectivity index (χ0v) is 24.2. The number of aryl methyl sites for hydroxylation is 1. The van der Waals surface area contributed by atoms with Crippen LogP contribution in [0.2, 0.25) is 0 Å². The maximum atomic E-state index is 13.0. The second kappa shape index (κ2) is 15.1. The summed E-state index contributed by atoms with van der Waals surface area (Å²) in [4.78, 5) is 29.7. The molecule has 1 amide bonds. The third-order valence-corrected chi connectivity index (χ3v) is 9.32. The summed E-state index contributed by atoms with van der Waals surface area (Å²) in [6.07, 6.45) is 6.98. The number of nitrogens with one attached hydrogen (secondary N) is 2. The van der Waals surface area contributed by atoms with Crippen LogP contribution in [0.4, 0.5) is 0 Å². The highest BCUT2D eigenvalue weighted by Gasteiger charge is 2.35. The third-order valence-electron chi connectivity index (χ3n) is 7.21. The number of unbranched alkanes of at least 4 members (excludes halogenated alkanes) is 1. The van der Waals surface area contributed by atoms with E-state index in [2.05, 4.69) is 29.5 Å². The number of ketones is 1. The van der Waals surface area contributed by atoms with Gasteiger partial charge >= 0.3 is 0 Å². The molecule has 3 rings (SSSR count). The van der Waals surface area contributed by atoms with Crippen molar-refractivity contribution in [3.8, 4) is 5.75 Å². The molecule has 1 saturated carbocycles. The molecular formula is C30H43N3O5S.